The highest BCUT2D eigenvalue weighted by Gasteiger charge is 2.35. The summed E-state index contributed by atoms with van der Waals surface area (Å²) in [4.78, 5) is 2.58. The summed E-state index contributed by atoms with van der Waals surface area (Å²) in [6, 6.07) is 9.44. The Morgan fingerprint density at radius 1 is 1.26 bits per heavy atom. The fourth-order valence-electron chi connectivity index (χ4n) is 3.08. The Labute approximate surface area is 115 Å². The second-order valence-electron chi connectivity index (χ2n) is 6.73. The third-order valence-electron chi connectivity index (χ3n) is 4.37. The lowest BCUT2D eigenvalue weighted by Gasteiger charge is -2.42. The van der Waals surface area contributed by atoms with Crippen molar-refractivity contribution in [3.63, 3.8) is 0 Å². The molecule has 3 heteroatoms. The van der Waals surface area contributed by atoms with E-state index in [-0.39, 0.29) is 0 Å². The van der Waals surface area contributed by atoms with Crippen molar-refractivity contribution in [1.29, 1.82) is 0 Å². The monoisotopic (exact) mass is 260 g/mol. The van der Waals surface area contributed by atoms with E-state index in [9.17, 15) is 0 Å². The van der Waals surface area contributed by atoms with Crippen molar-refractivity contribution in [1.82, 2.24) is 10.2 Å². The molecule has 2 heterocycles. The minimum absolute atomic E-state index is 0.303. The zero-order valence-corrected chi connectivity index (χ0v) is 12.1. The van der Waals surface area contributed by atoms with Gasteiger partial charge in [-0.05, 0) is 11.5 Å². The summed E-state index contributed by atoms with van der Waals surface area (Å²) in [5, 5.41) is 3.65. The Balaban J connectivity index is 1.77. The highest BCUT2D eigenvalue weighted by Crippen LogP contribution is 2.37. The number of hydrogen-bond acceptors (Lipinski definition) is 3. The molecule has 104 valence electrons. The highest BCUT2D eigenvalue weighted by atomic mass is 16.5. The molecule has 0 aliphatic carbocycles. The molecule has 1 saturated heterocycles. The second-order valence-corrected chi connectivity index (χ2v) is 6.73. The summed E-state index contributed by atoms with van der Waals surface area (Å²) < 4.78 is 5.82. The molecule has 1 aromatic carbocycles. The summed E-state index contributed by atoms with van der Waals surface area (Å²) in [5.74, 6) is 1.07. The molecular formula is C16H24N2O. The van der Waals surface area contributed by atoms with E-state index in [1.54, 1.807) is 0 Å². The van der Waals surface area contributed by atoms with Crippen LogP contribution in [-0.2, 0) is 0 Å². The van der Waals surface area contributed by atoms with Crippen molar-refractivity contribution >= 4 is 0 Å². The molecule has 2 aliphatic rings. The predicted octanol–water partition coefficient (Wildman–Crippen LogP) is 2.44. The van der Waals surface area contributed by atoms with Gasteiger partial charge in [0.15, 0.2) is 0 Å². The van der Waals surface area contributed by atoms with Crippen LogP contribution < -0.4 is 10.1 Å². The van der Waals surface area contributed by atoms with E-state index in [0.717, 1.165) is 32.0 Å². The lowest BCUT2D eigenvalue weighted by molar-refractivity contribution is 0.0862. The molecule has 3 nitrogen and oxygen atoms in total. The molecule has 0 radical (unpaired) electrons. The van der Waals surface area contributed by atoms with Gasteiger partial charge in [-0.1, -0.05) is 39.0 Å². The average molecular weight is 260 g/mol. The second kappa shape index (κ2) is 4.80. The molecule has 2 atom stereocenters. The van der Waals surface area contributed by atoms with Gasteiger partial charge in [0, 0.05) is 31.2 Å². The first-order valence-corrected chi connectivity index (χ1v) is 7.25. The molecular weight excluding hydrogens is 236 g/mol. The van der Waals surface area contributed by atoms with E-state index in [4.69, 9.17) is 4.74 Å². The first-order valence-electron chi connectivity index (χ1n) is 7.25. The van der Waals surface area contributed by atoms with Crippen molar-refractivity contribution in [3.8, 4) is 5.75 Å². The molecule has 0 amide bonds. The van der Waals surface area contributed by atoms with Crippen LogP contribution in [0.4, 0.5) is 0 Å². The van der Waals surface area contributed by atoms with Crippen LogP contribution in [0.5, 0.6) is 5.75 Å². The zero-order chi connectivity index (χ0) is 13.5. The van der Waals surface area contributed by atoms with Crippen molar-refractivity contribution in [2.45, 2.75) is 32.9 Å². The van der Waals surface area contributed by atoms with Crippen LogP contribution >= 0.6 is 0 Å². The molecule has 19 heavy (non-hydrogen) atoms. The maximum absolute atomic E-state index is 5.82. The summed E-state index contributed by atoms with van der Waals surface area (Å²) in [6.45, 7) is 11.0. The van der Waals surface area contributed by atoms with Gasteiger partial charge in [0.1, 0.15) is 12.4 Å². The van der Waals surface area contributed by atoms with Crippen molar-refractivity contribution in [2.24, 2.45) is 5.41 Å². The van der Waals surface area contributed by atoms with Crippen LogP contribution in [0.1, 0.15) is 32.4 Å². The topological polar surface area (TPSA) is 24.5 Å². The molecule has 1 aromatic rings. The molecule has 0 spiro atoms. The maximum atomic E-state index is 5.82. The van der Waals surface area contributed by atoms with Gasteiger partial charge in [0.05, 0.1) is 6.04 Å². The summed E-state index contributed by atoms with van der Waals surface area (Å²) in [5.41, 5.74) is 1.66. The number of piperazine rings is 1. The molecule has 1 N–H and O–H groups in total. The minimum Gasteiger partial charge on any atom is -0.491 e. The van der Waals surface area contributed by atoms with E-state index < -0.39 is 0 Å². The number of fused-ring (bicyclic) bond motifs is 1. The van der Waals surface area contributed by atoms with Gasteiger partial charge in [-0.25, -0.2) is 0 Å². The van der Waals surface area contributed by atoms with E-state index in [1.807, 2.05) is 0 Å². The van der Waals surface area contributed by atoms with Crippen LogP contribution in [0.3, 0.4) is 0 Å². The van der Waals surface area contributed by atoms with E-state index in [1.165, 1.54) is 5.56 Å². The first kappa shape index (κ1) is 12.9. The predicted molar refractivity (Wildman–Crippen MR) is 77.5 cm³/mol. The molecule has 2 unspecified atom stereocenters. The molecule has 0 saturated carbocycles. The van der Waals surface area contributed by atoms with Crippen LogP contribution in [0.15, 0.2) is 24.3 Å². The number of nitrogens with zero attached hydrogens (tertiary/aromatic N) is 1. The van der Waals surface area contributed by atoms with Gasteiger partial charge in [0.25, 0.3) is 0 Å². The smallest absolute Gasteiger partial charge is 0.124 e. The Kier molecular flexibility index (Phi) is 3.27. The number of benzene rings is 1. The number of ether oxygens (including phenoxy) is 1. The van der Waals surface area contributed by atoms with Gasteiger partial charge < -0.3 is 10.1 Å². The summed E-state index contributed by atoms with van der Waals surface area (Å²) in [7, 11) is 0. The van der Waals surface area contributed by atoms with Gasteiger partial charge in [0.2, 0.25) is 0 Å². The van der Waals surface area contributed by atoms with Gasteiger partial charge in [-0.2, -0.15) is 0 Å². The minimum atomic E-state index is 0.303. The van der Waals surface area contributed by atoms with Crippen molar-refractivity contribution < 1.29 is 4.74 Å². The fraction of sp³-hybridized carbons (Fsp3) is 0.625. The average Bonchev–Trinajstić information content (AvgIpc) is 2.82. The zero-order valence-electron chi connectivity index (χ0n) is 12.1. The number of rotatable bonds is 1. The Morgan fingerprint density at radius 3 is 2.84 bits per heavy atom. The van der Waals surface area contributed by atoms with Crippen molar-refractivity contribution in [2.75, 3.05) is 26.2 Å². The largest absolute Gasteiger partial charge is 0.491 e. The lowest BCUT2D eigenvalue weighted by atomic mass is 9.85. The third-order valence-corrected chi connectivity index (χ3v) is 4.37. The summed E-state index contributed by atoms with van der Waals surface area (Å²) >= 11 is 0. The highest BCUT2D eigenvalue weighted by molar-refractivity contribution is 5.39. The first-order chi connectivity index (χ1) is 9.05. The van der Waals surface area contributed by atoms with Crippen LogP contribution in [-0.4, -0.2) is 37.2 Å². The van der Waals surface area contributed by atoms with E-state index >= 15 is 0 Å². The van der Waals surface area contributed by atoms with Gasteiger partial charge in [-0.15, -0.1) is 0 Å². The third kappa shape index (κ3) is 2.49. The maximum Gasteiger partial charge on any atom is 0.124 e. The van der Waals surface area contributed by atoms with E-state index in [0.29, 0.717) is 17.5 Å². The number of para-hydroxylation sites is 1. The van der Waals surface area contributed by atoms with Crippen LogP contribution in [0.25, 0.3) is 0 Å². The summed E-state index contributed by atoms with van der Waals surface area (Å²) in [6.07, 6.45) is 0. The van der Waals surface area contributed by atoms with Crippen molar-refractivity contribution in [3.05, 3.63) is 29.8 Å². The fourth-order valence-corrected chi connectivity index (χ4v) is 3.08. The van der Waals surface area contributed by atoms with E-state index in [2.05, 4.69) is 55.3 Å². The van der Waals surface area contributed by atoms with Crippen LogP contribution in [0, 0.1) is 5.41 Å². The molecule has 3 rings (SSSR count). The van der Waals surface area contributed by atoms with Gasteiger partial charge in [-0.3, -0.25) is 4.90 Å². The molecule has 0 aromatic heterocycles. The Bertz CT molecular complexity index is 452. The molecule has 0 bridgehead atoms. The molecule has 2 aliphatic heterocycles. The number of nitrogens with one attached hydrogen (secondary N) is 1. The Hall–Kier alpha value is -1.06. The molecule has 1 fully saturated rings. The van der Waals surface area contributed by atoms with Gasteiger partial charge >= 0.3 is 0 Å². The lowest BCUT2D eigenvalue weighted by Crippen LogP contribution is -2.56. The normalized spacial score (nSPS) is 27.9. The number of hydrogen-bond donors (Lipinski definition) is 1. The Morgan fingerprint density at radius 2 is 2.05 bits per heavy atom. The van der Waals surface area contributed by atoms with Crippen LogP contribution in [0.2, 0.25) is 0 Å². The standard InChI is InChI=1S/C16H24N2O/c1-16(2,3)15-10-18(9-8-17-15)13-11-19-14-7-5-4-6-12(13)14/h4-7,13,15,17H,8-11H2,1-3H3. The SMILES string of the molecule is CC(C)(C)C1CN(C2COc3ccccc32)CCN1. The quantitative estimate of drug-likeness (QED) is 0.839.